The fourth-order valence-corrected chi connectivity index (χ4v) is 4.13. The summed E-state index contributed by atoms with van der Waals surface area (Å²) in [5.74, 6) is 0.854. The van der Waals surface area contributed by atoms with Crippen molar-refractivity contribution in [3.05, 3.63) is 47.5 Å². The van der Waals surface area contributed by atoms with Gasteiger partial charge >= 0.3 is 0 Å². The number of nitrogens with one attached hydrogen (secondary N) is 1. The number of para-hydroxylation sites is 1. The molecular weight excluding hydrogens is 346 g/mol. The molecular formula is C20H21N3O2S. The Labute approximate surface area is 156 Å². The number of aromatic nitrogens is 1. The Balaban J connectivity index is 1.43. The maximum absolute atomic E-state index is 12.5. The quantitative estimate of drug-likeness (QED) is 0.757. The van der Waals surface area contributed by atoms with Gasteiger partial charge in [-0.2, -0.15) is 0 Å². The molecule has 3 aromatic rings. The van der Waals surface area contributed by atoms with E-state index in [-0.39, 0.29) is 11.8 Å². The Morgan fingerprint density at radius 2 is 2.00 bits per heavy atom. The molecule has 0 spiro atoms. The van der Waals surface area contributed by atoms with Gasteiger partial charge in [0.1, 0.15) is 11.3 Å². The van der Waals surface area contributed by atoms with Crippen molar-refractivity contribution in [2.24, 2.45) is 5.92 Å². The van der Waals surface area contributed by atoms with Crippen LogP contribution in [0.3, 0.4) is 0 Å². The highest BCUT2D eigenvalue weighted by Crippen LogP contribution is 2.36. The van der Waals surface area contributed by atoms with Gasteiger partial charge in [-0.25, -0.2) is 4.98 Å². The van der Waals surface area contributed by atoms with Crippen molar-refractivity contribution in [2.75, 3.05) is 30.4 Å². The molecule has 4 rings (SSSR count). The van der Waals surface area contributed by atoms with Crippen molar-refractivity contribution >= 4 is 38.3 Å². The van der Waals surface area contributed by atoms with E-state index in [1.165, 1.54) is 5.56 Å². The van der Waals surface area contributed by atoms with E-state index in [2.05, 4.69) is 23.2 Å². The molecule has 0 atom stereocenters. The molecule has 1 saturated heterocycles. The van der Waals surface area contributed by atoms with E-state index < -0.39 is 0 Å². The van der Waals surface area contributed by atoms with Crippen LogP contribution in [0, 0.1) is 19.8 Å². The maximum Gasteiger partial charge on any atom is 0.231 e. The molecule has 2 heterocycles. The van der Waals surface area contributed by atoms with Gasteiger partial charge in [0, 0.05) is 18.8 Å². The maximum atomic E-state index is 12.5. The van der Waals surface area contributed by atoms with Gasteiger partial charge in [0.2, 0.25) is 5.91 Å². The van der Waals surface area contributed by atoms with Crippen molar-refractivity contribution in [3.63, 3.8) is 0 Å². The number of amides is 1. The summed E-state index contributed by atoms with van der Waals surface area (Å²) in [6, 6.07) is 11.9. The lowest BCUT2D eigenvalue weighted by Gasteiger charge is -2.38. The highest BCUT2D eigenvalue weighted by atomic mass is 32.1. The number of hydrogen-bond donors (Lipinski definition) is 1. The van der Waals surface area contributed by atoms with Crippen LogP contribution in [0.25, 0.3) is 10.2 Å². The second-order valence-corrected chi connectivity index (χ2v) is 7.65. The summed E-state index contributed by atoms with van der Waals surface area (Å²) in [6.07, 6.45) is 0. The average Bonchev–Trinajstić information content (AvgIpc) is 3.01. The van der Waals surface area contributed by atoms with Gasteiger partial charge in [-0.15, -0.1) is 0 Å². The molecule has 0 bridgehead atoms. The predicted molar refractivity (Wildman–Crippen MR) is 106 cm³/mol. The zero-order valence-electron chi connectivity index (χ0n) is 15.1. The van der Waals surface area contributed by atoms with E-state index in [4.69, 9.17) is 9.72 Å². The van der Waals surface area contributed by atoms with Crippen LogP contribution in [0.1, 0.15) is 11.1 Å². The highest BCUT2D eigenvalue weighted by Gasteiger charge is 2.34. The number of aryl methyl sites for hydroxylation is 1. The molecule has 1 N–H and O–H groups in total. The number of ether oxygens (including phenoxy) is 1. The van der Waals surface area contributed by atoms with Crippen LogP contribution >= 0.6 is 11.3 Å². The number of carbonyl (C=O) groups is 1. The number of thiazole rings is 1. The van der Waals surface area contributed by atoms with Crippen LogP contribution < -0.4 is 15.0 Å². The summed E-state index contributed by atoms with van der Waals surface area (Å²) >= 11 is 1.64. The Kier molecular flexibility index (Phi) is 4.28. The van der Waals surface area contributed by atoms with Crippen molar-refractivity contribution in [1.29, 1.82) is 0 Å². The van der Waals surface area contributed by atoms with Crippen LogP contribution in [-0.4, -0.2) is 31.1 Å². The summed E-state index contributed by atoms with van der Waals surface area (Å²) in [6.45, 7) is 5.47. The van der Waals surface area contributed by atoms with Gasteiger partial charge in [0.05, 0.1) is 17.7 Å². The summed E-state index contributed by atoms with van der Waals surface area (Å²) in [4.78, 5) is 19.4. The molecule has 1 amide bonds. The summed E-state index contributed by atoms with van der Waals surface area (Å²) in [5.41, 5.74) is 4.09. The first-order valence-corrected chi connectivity index (χ1v) is 9.44. The fraction of sp³-hybridized carbons (Fsp3) is 0.300. The predicted octanol–water partition coefficient (Wildman–Crippen LogP) is 4.00. The molecule has 134 valence electrons. The zero-order chi connectivity index (χ0) is 18.3. The van der Waals surface area contributed by atoms with Gasteiger partial charge in [0.25, 0.3) is 0 Å². The third kappa shape index (κ3) is 2.90. The van der Waals surface area contributed by atoms with Gasteiger partial charge in [-0.05, 0) is 43.2 Å². The Hall–Kier alpha value is -2.60. The van der Waals surface area contributed by atoms with E-state index in [9.17, 15) is 4.79 Å². The lowest BCUT2D eigenvalue weighted by Crippen LogP contribution is -2.52. The monoisotopic (exact) mass is 367 g/mol. The Bertz CT molecular complexity index is 976. The lowest BCUT2D eigenvalue weighted by atomic mass is 9.99. The first-order chi connectivity index (χ1) is 12.6. The van der Waals surface area contributed by atoms with E-state index >= 15 is 0 Å². The number of nitrogens with zero attached hydrogens (tertiary/aromatic N) is 2. The molecule has 1 aromatic heterocycles. The third-order valence-electron chi connectivity index (χ3n) is 4.98. The number of benzene rings is 2. The normalized spacial score (nSPS) is 14.3. The van der Waals surface area contributed by atoms with Gasteiger partial charge in [-0.1, -0.05) is 29.5 Å². The van der Waals surface area contributed by atoms with E-state index in [1.807, 2.05) is 37.3 Å². The molecule has 1 aliphatic rings. The first kappa shape index (κ1) is 16.8. The lowest BCUT2D eigenvalue weighted by molar-refractivity contribution is -0.120. The molecule has 5 nitrogen and oxygen atoms in total. The molecule has 0 unspecified atom stereocenters. The molecule has 6 heteroatoms. The number of anilines is 2. The van der Waals surface area contributed by atoms with Gasteiger partial charge < -0.3 is 15.0 Å². The topological polar surface area (TPSA) is 54.5 Å². The van der Waals surface area contributed by atoms with Crippen LogP contribution in [-0.2, 0) is 4.79 Å². The standard InChI is InChI=1S/C20H21N3O2S/c1-12-6-4-7-15(13(12)2)21-19(24)14-10-23(11-14)20-22-18-16(25-3)8-5-9-17(18)26-20/h4-9,14H,10-11H2,1-3H3,(H,21,24). The Morgan fingerprint density at radius 1 is 1.23 bits per heavy atom. The summed E-state index contributed by atoms with van der Waals surface area (Å²) in [5, 5.41) is 4.01. The minimum atomic E-state index is -0.0104. The first-order valence-electron chi connectivity index (χ1n) is 8.62. The van der Waals surface area contributed by atoms with E-state index in [1.54, 1.807) is 18.4 Å². The summed E-state index contributed by atoms with van der Waals surface area (Å²) < 4.78 is 6.48. The third-order valence-corrected chi connectivity index (χ3v) is 6.06. The summed E-state index contributed by atoms with van der Waals surface area (Å²) in [7, 11) is 1.66. The van der Waals surface area contributed by atoms with Crippen LogP contribution in [0.15, 0.2) is 36.4 Å². The molecule has 0 aliphatic carbocycles. The minimum Gasteiger partial charge on any atom is -0.494 e. The fourth-order valence-electron chi connectivity index (χ4n) is 3.13. The van der Waals surface area contributed by atoms with Gasteiger partial charge in [0.15, 0.2) is 5.13 Å². The van der Waals surface area contributed by atoms with Gasteiger partial charge in [-0.3, -0.25) is 4.79 Å². The van der Waals surface area contributed by atoms with Crippen molar-refractivity contribution in [1.82, 2.24) is 4.98 Å². The smallest absolute Gasteiger partial charge is 0.231 e. The number of hydrogen-bond acceptors (Lipinski definition) is 5. The van der Waals surface area contributed by atoms with E-state index in [0.29, 0.717) is 13.1 Å². The number of methoxy groups -OCH3 is 1. The van der Waals surface area contributed by atoms with Crippen LogP contribution in [0.2, 0.25) is 0 Å². The van der Waals surface area contributed by atoms with Crippen molar-refractivity contribution in [3.8, 4) is 5.75 Å². The molecule has 1 fully saturated rings. The zero-order valence-corrected chi connectivity index (χ0v) is 15.9. The Morgan fingerprint density at radius 3 is 2.77 bits per heavy atom. The highest BCUT2D eigenvalue weighted by molar-refractivity contribution is 7.22. The molecule has 0 radical (unpaired) electrons. The molecule has 0 saturated carbocycles. The van der Waals surface area contributed by atoms with Crippen LogP contribution in [0.5, 0.6) is 5.75 Å². The van der Waals surface area contributed by atoms with E-state index in [0.717, 1.165) is 32.3 Å². The average molecular weight is 367 g/mol. The molecule has 26 heavy (non-hydrogen) atoms. The number of rotatable bonds is 4. The minimum absolute atomic E-state index is 0.0104. The number of fused-ring (bicyclic) bond motifs is 1. The molecule has 1 aliphatic heterocycles. The SMILES string of the molecule is COc1cccc2sc(N3CC(C(=O)Nc4cccc(C)c4C)C3)nc12. The second kappa shape index (κ2) is 6.61. The van der Waals surface area contributed by atoms with Crippen molar-refractivity contribution in [2.45, 2.75) is 13.8 Å². The largest absolute Gasteiger partial charge is 0.494 e. The number of carbonyl (C=O) groups excluding carboxylic acids is 1. The van der Waals surface area contributed by atoms with Crippen LogP contribution in [0.4, 0.5) is 10.8 Å². The molecule has 2 aromatic carbocycles. The van der Waals surface area contributed by atoms with Crippen molar-refractivity contribution < 1.29 is 9.53 Å². The second-order valence-electron chi connectivity index (χ2n) is 6.64.